The van der Waals surface area contributed by atoms with Crippen LogP contribution < -0.4 is 11.1 Å². The van der Waals surface area contributed by atoms with Gasteiger partial charge in [0.25, 0.3) is 0 Å². The van der Waals surface area contributed by atoms with Crippen LogP contribution in [0.1, 0.15) is 34.1 Å². The summed E-state index contributed by atoms with van der Waals surface area (Å²) in [7, 11) is 0. The Bertz CT molecular complexity index is 78.0. The number of nitrogens with two attached hydrogens (primary N) is 1. The van der Waals surface area contributed by atoms with Crippen LogP contribution in [0.25, 0.3) is 0 Å². The van der Waals surface area contributed by atoms with Crippen molar-refractivity contribution in [3.05, 3.63) is 0 Å². The highest BCUT2D eigenvalue weighted by Gasteiger charge is 1.81. The van der Waals surface area contributed by atoms with E-state index in [-0.39, 0.29) is 6.10 Å². The molecule has 0 aliphatic heterocycles. The van der Waals surface area contributed by atoms with Crippen LogP contribution in [-0.2, 0) is 4.79 Å². The Morgan fingerprint density at radius 1 is 1.46 bits per heavy atom. The zero-order valence-electron chi connectivity index (χ0n) is 9.21. The lowest BCUT2D eigenvalue weighted by molar-refractivity contribution is -0.109. The van der Waals surface area contributed by atoms with E-state index < -0.39 is 0 Å². The molecule has 1 atom stereocenters. The van der Waals surface area contributed by atoms with E-state index in [2.05, 4.69) is 5.32 Å². The smallest absolute Gasteiger partial charge is 0.207 e. The maximum Gasteiger partial charge on any atom is 0.207 e. The lowest BCUT2D eigenvalue weighted by atomic mass is 10.3. The largest absolute Gasteiger partial charge is 0.393 e. The van der Waals surface area contributed by atoms with Crippen molar-refractivity contribution >= 4 is 6.41 Å². The first kappa shape index (κ1) is 18.2. The molecule has 0 spiro atoms. The molecule has 0 saturated heterocycles. The summed E-state index contributed by atoms with van der Waals surface area (Å²) in [5.41, 5.74) is 4.85. The van der Waals surface area contributed by atoms with Crippen molar-refractivity contribution < 1.29 is 9.90 Å². The van der Waals surface area contributed by atoms with Crippen molar-refractivity contribution in [3.8, 4) is 0 Å². The van der Waals surface area contributed by atoms with Crippen molar-refractivity contribution in [3.63, 3.8) is 0 Å². The van der Waals surface area contributed by atoms with E-state index in [1.165, 1.54) is 0 Å². The van der Waals surface area contributed by atoms with Crippen LogP contribution in [0.15, 0.2) is 0 Å². The number of hydrogen-bond donors (Lipinski definition) is 3. The normalized spacial score (nSPS) is 9.69. The van der Waals surface area contributed by atoms with Gasteiger partial charge in [0.15, 0.2) is 0 Å². The topological polar surface area (TPSA) is 75.3 Å². The second-order valence-electron chi connectivity index (χ2n) is 2.34. The van der Waals surface area contributed by atoms with Crippen LogP contribution >= 0.6 is 0 Å². The number of hydrogen-bond acceptors (Lipinski definition) is 3. The van der Waals surface area contributed by atoms with Gasteiger partial charge in [-0.05, 0) is 26.8 Å². The zero-order valence-corrected chi connectivity index (χ0v) is 9.21. The average Bonchev–Trinajstić information content (AvgIpc) is 2.08. The maximum atomic E-state index is 9.29. The van der Waals surface area contributed by atoms with Gasteiger partial charge in [-0.15, -0.1) is 0 Å². The van der Waals surface area contributed by atoms with Crippen LogP contribution in [0.5, 0.6) is 0 Å². The van der Waals surface area contributed by atoms with Crippen LogP contribution in [0.3, 0.4) is 0 Å². The summed E-state index contributed by atoms with van der Waals surface area (Å²) >= 11 is 0. The molecule has 0 aliphatic carbocycles. The molecular formula is C9H24N2O2. The molecule has 0 aromatic rings. The Morgan fingerprint density at radius 2 is 1.77 bits per heavy atom. The SMILES string of the molecule is CCC(C)O.CCN.CCNC=O. The predicted octanol–water partition coefficient (Wildman–Crippen LogP) is 0.495. The van der Waals surface area contributed by atoms with Gasteiger partial charge in [0.1, 0.15) is 0 Å². The highest BCUT2D eigenvalue weighted by molar-refractivity contribution is 5.45. The number of aliphatic hydroxyl groups excluding tert-OH is 1. The molecule has 0 aliphatic rings. The number of nitrogens with one attached hydrogen (secondary N) is 1. The van der Waals surface area contributed by atoms with Crippen molar-refractivity contribution in [2.24, 2.45) is 5.73 Å². The Hall–Kier alpha value is -0.610. The van der Waals surface area contributed by atoms with E-state index in [4.69, 9.17) is 10.8 Å². The summed E-state index contributed by atoms with van der Waals surface area (Å²) in [5.74, 6) is 0. The lowest BCUT2D eigenvalue weighted by Gasteiger charge is -1.90. The molecule has 13 heavy (non-hydrogen) atoms. The number of carbonyl (C=O) groups excluding carboxylic acids is 1. The van der Waals surface area contributed by atoms with Crippen LogP contribution in [0, 0.1) is 0 Å². The molecule has 82 valence electrons. The van der Waals surface area contributed by atoms with E-state index in [0.29, 0.717) is 6.41 Å². The van der Waals surface area contributed by atoms with Crippen LogP contribution in [0.2, 0.25) is 0 Å². The predicted molar refractivity (Wildman–Crippen MR) is 56.4 cm³/mol. The van der Waals surface area contributed by atoms with Gasteiger partial charge in [0.05, 0.1) is 6.10 Å². The Labute approximate surface area is 81.5 Å². The molecule has 4 N–H and O–H groups in total. The van der Waals surface area contributed by atoms with Gasteiger partial charge < -0.3 is 16.2 Å². The van der Waals surface area contributed by atoms with Crippen LogP contribution in [0.4, 0.5) is 0 Å². The molecule has 1 amide bonds. The van der Waals surface area contributed by atoms with E-state index in [9.17, 15) is 4.79 Å². The van der Waals surface area contributed by atoms with Gasteiger partial charge in [-0.2, -0.15) is 0 Å². The summed E-state index contributed by atoms with van der Waals surface area (Å²) in [6, 6.07) is 0. The Morgan fingerprint density at radius 3 is 1.77 bits per heavy atom. The minimum Gasteiger partial charge on any atom is -0.393 e. The first-order valence-electron chi connectivity index (χ1n) is 4.65. The third-order valence-corrected chi connectivity index (χ3v) is 0.878. The highest BCUT2D eigenvalue weighted by atomic mass is 16.3. The average molecular weight is 192 g/mol. The van der Waals surface area contributed by atoms with Crippen molar-refractivity contribution in [2.75, 3.05) is 13.1 Å². The number of amides is 1. The molecule has 0 saturated carbocycles. The summed E-state index contributed by atoms with van der Waals surface area (Å²) < 4.78 is 0. The molecule has 4 nitrogen and oxygen atoms in total. The van der Waals surface area contributed by atoms with E-state index >= 15 is 0 Å². The van der Waals surface area contributed by atoms with Gasteiger partial charge in [-0.1, -0.05) is 13.8 Å². The van der Waals surface area contributed by atoms with E-state index in [1.54, 1.807) is 6.92 Å². The fourth-order valence-corrected chi connectivity index (χ4v) is 0.0833. The van der Waals surface area contributed by atoms with Crippen LogP contribution in [-0.4, -0.2) is 30.7 Å². The summed E-state index contributed by atoms with van der Waals surface area (Å²) in [5, 5.41) is 10.8. The standard InChI is InChI=1S/C4H10O.C3H7NO.C2H7N/c1-3-4(2)5;1-2-4-3-5;1-2-3/h4-5H,3H2,1-2H3;3H,2H2,1H3,(H,4,5);2-3H2,1H3. The zero-order chi connectivity index (χ0) is 11.1. The summed E-state index contributed by atoms with van der Waals surface area (Å²) in [6.45, 7) is 8.97. The van der Waals surface area contributed by atoms with Crippen molar-refractivity contribution in [1.82, 2.24) is 5.32 Å². The lowest BCUT2D eigenvalue weighted by Crippen LogP contribution is -2.07. The van der Waals surface area contributed by atoms with E-state index in [0.717, 1.165) is 19.5 Å². The molecule has 0 heterocycles. The number of aliphatic hydroxyl groups is 1. The first-order valence-corrected chi connectivity index (χ1v) is 4.65. The molecule has 0 fully saturated rings. The molecule has 0 aromatic carbocycles. The third-order valence-electron chi connectivity index (χ3n) is 0.878. The fourth-order valence-electron chi connectivity index (χ4n) is 0.0833. The monoisotopic (exact) mass is 192 g/mol. The fraction of sp³-hybridized carbons (Fsp3) is 0.889. The van der Waals surface area contributed by atoms with Gasteiger partial charge in [-0.25, -0.2) is 0 Å². The number of rotatable bonds is 3. The minimum absolute atomic E-state index is 0.116. The summed E-state index contributed by atoms with van der Waals surface area (Å²) in [4.78, 5) is 9.29. The molecule has 0 aromatic heterocycles. The van der Waals surface area contributed by atoms with Gasteiger partial charge in [0, 0.05) is 6.54 Å². The van der Waals surface area contributed by atoms with Gasteiger partial charge in [0.2, 0.25) is 6.41 Å². The molecule has 0 rings (SSSR count). The second-order valence-corrected chi connectivity index (χ2v) is 2.34. The molecular weight excluding hydrogens is 168 g/mol. The minimum atomic E-state index is -0.116. The third kappa shape index (κ3) is 87.4. The van der Waals surface area contributed by atoms with Crippen molar-refractivity contribution in [2.45, 2.75) is 40.2 Å². The highest BCUT2D eigenvalue weighted by Crippen LogP contribution is 1.81. The number of carbonyl (C=O) groups is 1. The quantitative estimate of drug-likeness (QED) is 0.570. The van der Waals surface area contributed by atoms with E-state index in [1.807, 2.05) is 20.8 Å². The Kier molecular flexibility index (Phi) is 31.6. The van der Waals surface area contributed by atoms with Crippen molar-refractivity contribution in [1.29, 1.82) is 0 Å². The second kappa shape index (κ2) is 22.5. The maximum absolute atomic E-state index is 9.29. The molecule has 4 heteroatoms. The molecule has 0 bridgehead atoms. The molecule has 1 unspecified atom stereocenters. The molecule has 0 radical (unpaired) electrons. The Balaban J connectivity index is -0.000000120. The van der Waals surface area contributed by atoms with Gasteiger partial charge in [-0.3, -0.25) is 4.79 Å². The van der Waals surface area contributed by atoms with Gasteiger partial charge >= 0.3 is 0 Å². The first-order chi connectivity index (χ1) is 6.10. The summed E-state index contributed by atoms with van der Waals surface area (Å²) in [6.07, 6.45) is 1.43.